The predicted octanol–water partition coefficient (Wildman–Crippen LogP) is 0.995. The lowest BCUT2D eigenvalue weighted by atomic mass is 10.1. The van der Waals surface area contributed by atoms with Crippen molar-refractivity contribution in [3.05, 3.63) is 35.4 Å². The normalized spacial score (nSPS) is 13.4. The zero-order valence-corrected chi connectivity index (χ0v) is 9.78. The summed E-state index contributed by atoms with van der Waals surface area (Å²) < 4.78 is 24.4. The fraction of sp³-hybridized carbons (Fsp3) is 0.300. The number of aromatic carboxylic acids is 1. The molecule has 1 aromatic rings. The third kappa shape index (κ3) is 3.63. The molecule has 1 aromatic carbocycles. The Hall–Kier alpha value is -1.40. The Balaban J connectivity index is 2.86. The second-order valence-electron chi connectivity index (χ2n) is 3.54. The molecule has 0 aliphatic heterocycles. The molecule has 6 heteroatoms. The van der Waals surface area contributed by atoms with Gasteiger partial charge in [-0.15, -0.1) is 0 Å². The minimum Gasteiger partial charge on any atom is -0.478 e. The van der Waals surface area contributed by atoms with Gasteiger partial charge in [-0.1, -0.05) is 12.1 Å². The van der Waals surface area contributed by atoms with Gasteiger partial charge in [0.1, 0.15) is 0 Å². The number of carboxylic acids is 1. The highest BCUT2D eigenvalue weighted by Gasteiger charge is 2.11. The van der Waals surface area contributed by atoms with E-state index in [1.54, 1.807) is 19.1 Å². The Bertz CT molecular complexity index is 478. The zero-order valence-electron chi connectivity index (χ0n) is 8.97. The van der Waals surface area contributed by atoms with Crippen LogP contribution in [0.1, 0.15) is 28.9 Å². The first-order valence-electron chi connectivity index (χ1n) is 4.60. The average molecular weight is 243 g/mol. The Morgan fingerprint density at radius 1 is 1.31 bits per heavy atom. The van der Waals surface area contributed by atoms with E-state index in [1.165, 1.54) is 12.1 Å². The first kappa shape index (κ1) is 12.7. The molecular weight excluding hydrogens is 230 g/mol. The molecule has 88 valence electrons. The number of nitrogens with one attached hydrogen (secondary N) is 1. The molecular formula is C10H13NO4S. The Kier molecular flexibility index (Phi) is 3.66. The molecule has 0 heterocycles. The smallest absolute Gasteiger partial charge is 0.335 e. The molecule has 2 N–H and O–H groups in total. The highest BCUT2D eigenvalue weighted by molar-refractivity contribution is 7.88. The van der Waals surface area contributed by atoms with Gasteiger partial charge in [-0.3, -0.25) is 0 Å². The molecule has 0 aromatic heterocycles. The van der Waals surface area contributed by atoms with Gasteiger partial charge >= 0.3 is 5.97 Å². The number of benzene rings is 1. The zero-order chi connectivity index (χ0) is 12.3. The highest BCUT2D eigenvalue weighted by atomic mass is 32.2. The molecule has 1 rings (SSSR count). The number of rotatable bonds is 4. The lowest BCUT2D eigenvalue weighted by molar-refractivity contribution is 0.0697. The van der Waals surface area contributed by atoms with Crippen molar-refractivity contribution < 1.29 is 18.3 Å². The number of sulfonamides is 1. The first-order chi connectivity index (χ1) is 7.29. The van der Waals surface area contributed by atoms with E-state index in [9.17, 15) is 13.2 Å². The van der Waals surface area contributed by atoms with Crippen LogP contribution >= 0.6 is 0 Å². The van der Waals surface area contributed by atoms with Crippen LogP contribution in [0.5, 0.6) is 0 Å². The number of carbonyl (C=O) groups is 1. The fourth-order valence-corrected chi connectivity index (χ4v) is 2.08. The van der Waals surface area contributed by atoms with E-state index < -0.39 is 16.0 Å². The lowest BCUT2D eigenvalue weighted by Gasteiger charge is -2.12. The van der Waals surface area contributed by atoms with Gasteiger partial charge in [0.05, 0.1) is 11.8 Å². The van der Waals surface area contributed by atoms with E-state index in [4.69, 9.17) is 5.11 Å². The van der Waals surface area contributed by atoms with Crippen LogP contribution in [0.3, 0.4) is 0 Å². The molecule has 5 nitrogen and oxygen atoms in total. The van der Waals surface area contributed by atoms with Gasteiger partial charge in [0.15, 0.2) is 0 Å². The molecule has 0 radical (unpaired) electrons. The van der Waals surface area contributed by atoms with Crippen LogP contribution in [0.2, 0.25) is 0 Å². The fourth-order valence-electron chi connectivity index (χ4n) is 1.30. The van der Waals surface area contributed by atoms with E-state index in [-0.39, 0.29) is 11.6 Å². The molecule has 0 saturated carbocycles. The maximum atomic E-state index is 11.0. The Morgan fingerprint density at radius 2 is 1.81 bits per heavy atom. The molecule has 16 heavy (non-hydrogen) atoms. The van der Waals surface area contributed by atoms with E-state index >= 15 is 0 Å². The van der Waals surface area contributed by atoms with Crippen molar-refractivity contribution in [3.8, 4) is 0 Å². The molecule has 0 fully saturated rings. The quantitative estimate of drug-likeness (QED) is 0.826. The minimum absolute atomic E-state index is 0.176. The average Bonchev–Trinajstić information content (AvgIpc) is 2.15. The summed E-state index contributed by atoms with van der Waals surface area (Å²) in [7, 11) is -3.26. The first-order valence-corrected chi connectivity index (χ1v) is 6.49. The molecule has 1 unspecified atom stereocenters. The maximum Gasteiger partial charge on any atom is 0.335 e. The van der Waals surface area contributed by atoms with Crippen molar-refractivity contribution in [3.63, 3.8) is 0 Å². The third-order valence-electron chi connectivity index (χ3n) is 2.05. The van der Waals surface area contributed by atoms with Gasteiger partial charge in [-0.2, -0.15) is 0 Å². The summed E-state index contributed by atoms with van der Waals surface area (Å²) >= 11 is 0. The summed E-state index contributed by atoms with van der Waals surface area (Å²) in [5, 5.41) is 8.69. The van der Waals surface area contributed by atoms with Crippen LogP contribution in [0.25, 0.3) is 0 Å². The van der Waals surface area contributed by atoms with Crippen molar-refractivity contribution in [2.45, 2.75) is 13.0 Å². The monoisotopic (exact) mass is 243 g/mol. The van der Waals surface area contributed by atoms with Crippen LogP contribution in [0.15, 0.2) is 24.3 Å². The number of carboxylic acid groups (broad SMARTS) is 1. The molecule has 0 aliphatic rings. The maximum absolute atomic E-state index is 11.0. The second-order valence-corrected chi connectivity index (χ2v) is 5.32. The molecule has 0 amide bonds. The summed E-state index contributed by atoms with van der Waals surface area (Å²) in [6.45, 7) is 1.69. The van der Waals surface area contributed by atoms with Crippen molar-refractivity contribution in [2.75, 3.05) is 6.26 Å². The molecule has 0 bridgehead atoms. The summed E-state index contributed by atoms with van der Waals surface area (Å²) in [6, 6.07) is 5.69. The topological polar surface area (TPSA) is 83.5 Å². The second kappa shape index (κ2) is 4.63. The van der Waals surface area contributed by atoms with Crippen LogP contribution < -0.4 is 4.72 Å². The summed E-state index contributed by atoms with van der Waals surface area (Å²) in [4.78, 5) is 10.6. The van der Waals surface area contributed by atoms with Crippen molar-refractivity contribution in [2.24, 2.45) is 0 Å². The van der Waals surface area contributed by atoms with Gasteiger partial charge in [0.25, 0.3) is 0 Å². The van der Waals surface area contributed by atoms with Crippen LogP contribution in [0, 0.1) is 0 Å². The van der Waals surface area contributed by atoms with Crippen LogP contribution in [-0.2, 0) is 10.0 Å². The molecule has 0 aliphatic carbocycles. The van der Waals surface area contributed by atoms with Crippen LogP contribution in [-0.4, -0.2) is 25.7 Å². The van der Waals surface area contributed by atoms with Crippen molar-refractivity contribution in [1.82, 2.24) is 4.72 Å². The van der Waals surface area contributed by atoms with Crippen LogP contribution in [0.4, 0.5) is 0 Å². The summed E-state index contributed by atoms with van der Waals surface area (Å²) in [6.07, 6.45) is 1.08. The number of hydrogen-bond acceptors (Lipinski definition) is 3. The largest absolute Gasteiger partial charge is 0.478 e. The highest BCUT2D eigenvalue weighted by Crippen LogP contribution is 2.14. The van der Waals surface area contributed by atoms with E-state index in [2.05, 4.69) is 4.72 Å². The van der Waals surface area contributed by atoms with Gasteiger partial charge < -0.3 is 5.11 Å². The van der Waals surface area contributed by atoms with Crippen molar-refractivity contribution in [1.29, 1.82) is 0 Å². The van der Waals surface area contributed by atoms with Gasteiger partial charge in [0.2, 0.25) is 10.0 Å². The minimum atomic E-state index is -3.26. The summed E-state index contributed by atoms with van der Waals surface area (Å²) in [5.74, 6) is -1.00. The van der Waals surface area contributed by atoms with E-state index in [0.717, 1.165) is 11.8 Å². The van der Waals surface area contributed by atoms with Crippen molar-refractivity contribution >= 4 is 16.0 Å². The van der Waals surface area contributed by atoms with E-state index in [1.807, 2.05) is 0 Å². The molecule has 0 saturated heterocycles. The SMILES string of the molecule is CC(NS(C)(=O)=O)c1ccc(C(=O)O)cc1. The van der Waals surface area contributed by atoms with Gasteiger partial charge in [0, 0.05) is 6.04 Å². The Labute approximate surface area is 94.2 Å². The standard InChI is InChI=1S/C10H13NO4S/c1-7(11-16(2,14)15)8-3-5-9(6-4-8)10(12)13/h3-7,11H,1-2H3,(H,12,13). The third-order valence-corrected chi connectivity index (χ3v) is 2.83. The molecule has 0 spiro atoms. The lowest BCUT2D eigenvalue weighted by Crippen LogP contribution is -2.25. The Morgan fingerprint density at radius 3 is 2.19 bits per heavy atom. The van der Waals surface area contributed by atoms with Gasteiger partial charge in [-0.25, -0.2) is 17.9 Å². The predicted molar refractivity (Wildman–Crippen MR) is 59.8 cm³/mol. The van der Waals surface area contributed by atoms with Gasteiger partial charge in [-0.05, 0) is 24.6 Å². The molecule has 1 atom stereocenters. The summed E-state index contributed by atoms with van der Waals surface area (Å²) in [5.41, 5.74) is 0.894. The number of hydrogen-bond donors (Lipinski definition) is 2. The van der Waals surface area contributed by atoms with E-state index in [0.29, 0.717) is 0 Å².